The molecular weight excluding hydrogens is 589 g/mol. The molecule has 0 radical (unpaired) electrons. The molecule has 254 valence electrons. The molecule has 3 heterocycles. The monoisotopic (exact) mass is 641 g/mol. The second-order valence-electron chi connectivity index (χ2n) is 14.4. The molecular formula is C34H52FN7O4. The number of nitrogens with zero attached hydrogens (tertiary/aromatic N) is 6. The molecule has 0 saturated carbocycles. The summed E-state index contributed by atoms with van der Waals surface area (Å²) in [6, 6.07) is 4.32. The number of rotatable bonds is 12. The fraction of sp³-hybridized carbons (Fsp3) is 0.676. The number of anilines is 1. The molecule has 1 aromatic carbocycles. The van der Waals surface area contributed by atoms with E-state index in [2.05, 4.69) is 39.2 Å². The number of hydrogen-bond donors (Lipinski definition) is 1. The second kappa shape index (κ2) is 14.5. The van der Waals surface area contributed by atoms with Gasteiger partial charge >= 0.3 is 6.09 Å². The average Bonchev–Trinajstić information content (AvgIpc) is 3.39. The van der Waals surface area contributed by atoms with Crippen LogP contribution in [0.3, 0.4) is 0 Å². The van der Waals surface area contributed by atoms with Gasteiger partial charge in [-0.2, -0.15) is 0 Å². The van der Waals surface area contributed by atoms with Crippen molar-refractivity contribution in [3.05, 3.63) is 35.4 Å². The first-order valence-corrected chi connectivity index (χ1v) is 16.6. The molecule has 4 rings (SSSR count). The Morgan fingerprint density at radius 1 is 1.13 bits per heavy atom. The predicted octanol–water partition coefficient (Wildman–Crippen LogP) is 5.82. The predicted molar refractivity (Wildman–Crippen MR) is 176 cm³/mol. The van der Waals surface area contributed by atoms with Gasteiger partial charge in [-0.15, -0.1) is 10.2 Å². The lowest BCUT2D eigenvalue weighted by atomic mass is 9.76. The quantitative estimate of drug-likeness (QED) is 0.286. The lowest BCUT2D eigenvalue weighted by Gasteiger charge is -2.53. The van der Waals surface area contributed by atoms with Crippen molar-refractivity contribution in [1.82, 2.24) is 30.3 Å². The molecule has 46 heavy (non-hydrogen) atoms. The van der Waals surface area contributed by atoms with Crippen LogP contribution in [0, 0.1) is 24.1 Å². The molecule has 0 bridgehead atoms. The summed E-state index contributed by atoms with van der Waals surface area (Å²) in [6.45, 7) is 22.3. The Hall–Kier alpha value is -3.54. The highest BCUT2D eigenvalue weighted by Crippen LogP contribution is 2.44. The molecule has 1 aromatic heterocycles. The highest BCUT2D eigenvalue weighted by Gasteiger charge is 2.50. The zero-order chi connectivity index (χ0) is 33.8. The summed E-state index contributed by atoms with van der Waals surface area (Å²) >= 11 is 0. The third kappa shape index (κ3) is 8.63. The van der Waals surface area contributed by atoms with Crippen molar-refractivity contribution in [3.63, 3.8) is 0 Å². The number of aromatic nitrogens is 3. The average molecular weight is 642 g/mol. The fourth-order valence-electron chi connectivity index (χ4n) is 6.60. The molecule has 2 aliphatic heterocycles. The number of alkyl carbamates (subject to hydrolysis) is 1. The SMILES string of the molecule is CCN(C(=O)c1cc(F)ccc1Oc1nnc(C)nc1N1CCC2(C1)CN([C@H](CCCNC(=O)OC(C)(C)C)C(C)C)C2)C(C)C. The van der Waals surface area contributed by atoms with Gasteiger partial charge in [-0.25, -0.2) is 14.2 Å². The number of ether oxygens (including phenoxy) is 2. The van der Waals surface area contributed by atoms with Crippen molar-refractivity contribution in [2.45, 2.75) is 99.3 Å². The van der Waals surface area contributed by atoms with Crippen molar-refractivity contribution in [2.24, 2.45) is 11.3 Å². The summed E-state index contributed by atoms with van der Waals surface area (Å²) in [5.74, 6) is 1.18. The Kier molecular flexibility index (Phi) is 11.1. The van der Waals surface area contributed by atoms with E-state index in [0.29, 0.717) is 36.7 Å². The van der Waals surface area contributed by atoms with Gasteiger partial charge in [0.15, 0.2) is 11.6 Å². The zero-order valence-electron chi connectivity index (χ0n) is 29.0. The van der Waals surface area contributed by atoms with Gasteiger partial charge in [-0.3, -0.25) is 9.69 Å². The van der Waals surface area contributed by atoms with Crippen LogP contribution in [0.15, 0.2) is 18.2 Å². The maximum Gasteiger partial charge on any atom is 0.407 e. The highest BCUT2D eigenvalue weighted by atomic mass is 19.1. The number of nitrogens with one attached hydrogen (secondary N) is 1. The Bertz CT molecular complexity index is 1370. The molecule has 1 atom stereocenters. The van der Waals surface area contributed by atoms with E-state index in [9.17, 15) is 14.0 Å². The minimum absolute atomic E-state index is 0.0583. The number of carbonyl (C=O) groups excluding carboxylic acids is 2. The summed E-state index contributed by atoms with van der Waals surface area (Å²) in [5, 5.41) is 11.3. The summed E-state index contributed by atoms with van der Waals surface area (Å²) in [4.78, 5) is 36.6. The first-order valence-electron chi connectivity index (χ1n) is 16.6. The number of amides is 2. The second-order valence-corrected chi connectivity index (χ2v) is 14.4. The van der Waals surface area contributed by atoms with Crippen LogP contribution in [0.4, 0.5) is 15.0 Å². The molecule has 1 N–H and O–H groups in total. The Balaban J connectivity index is 1.42. The van der Waals surface area contributed by atoms with Gasteiger partial charge in [0.1, 0.15) is 17.2 Å². The zero-order valence-corrected chi connectivity index (χ0v) is 29.0. The standard InChI is InChI=1S/C34H52FN7O4/c1-10-42(23(4)5)31(43)26-18-25(35)13-14-28(26)45-30-29(37-24(6)38-39-30)40-17-15-34(19-40)20-41(21-34)27(22(2)3)12-11-16-36-32(44)46-33(7,8)9/h13-14,18,22-23,27H,10-12,15-17,19-21H2,1-9H3,(H,36,44)/t27-/m1/s1. The van der Waals surface area contributed by atoms with E-state index < -0.39 is 11.4 Å². The number of hydrogen-bond acceptors (Lipinski definition) is 9. The summed E-state index contributed by atoms with van der Waals surface area (Å²) in [5.41, 5.74) is -0.238. The summed E-state index contributed by atoms with van der Waals surface area (Å²) in [6.07, 6.45) is 2.51. The number of halogens is 1. The Morgan fingerprint density at radius 2 is 1.85 bits per heavy atom. The molecule has 2 saturated heterocycles. The maximum atomic E-state index is 14.3. The van der Waals surface area contributed by atoms with E-state index in [1.54, 1.807) is 11.8 Å². The van der Waals surface area contributed by atoms with Crippen LogP contribution >= 0.6 is 0 Å². The molecule has 12 heteroatoms. The number of aryl methyl sites for hydroxylation is 1. The van der Waals surface area contributed by atoms with E-state index >= 15 is 0 Å². The Labute approximate surface area is 273 Å². The molecule has 2 amide bonds. The molecule has 11 nitrogen and oxygen atoms in total. The van der Waals surface area contributed by atoms with E-state index in [4.69, 9.17) is 14.5 Å². The maximum absolute atomic E-state index is 14.3. The van der Waals surface area contributed by atoms with Crippen LogP contribution in [-0.4, -0.2) is 93.9 Å². The minimum Gasteiger partial charge on any atom is -0.444 e. The fourth-order valence-corrected chi connectivity index (χ4v) is 6.60. The first-order chi connectivity index (χ1) is 21.6. The lowest BCUT2D eigenvalue weighted by molar-refractivity contribution is -0.0339. The summed E-state index contributed by atoms with van der Waals surface area (Å²) in [7, 11) is 0. The first kappa shape index (κ1) is 35.3. The van der Waals surface area contributed by atoms with Crippen molar-refractivity contribution in [1.29, 1.82) is 0 Å². The lowest BCUT2D eigenvalue weighted by Crippen LogP contribution is -2.62. The van der Waals surface area contributed by atoms with Gasteiger partial charge in [0.2, 0.25) is 0 Å². The van der Waals surface area contributed by atoms with Crippen LogP contribution in [0.1, 0.15) is 90.8 Å². The molecule has 0 unspecified atom stereocenters. The summed E-state index contributed by atoms with van der Waals surface area (Å²) < 4.78 is 25.9. The topological polar surface area (TPSA) is 113 Å². The Morgan fingerprint density at radius 3 is 2.48 bits per heavy atom. The third-order valence-corrected chi connectivity index (χ3v) is 8.75. The van der Waals surface area contributed by atoms with E-state index in [0.717, 1.165) is 45.4 Å². The van der Waals surface area contributed by atoms with Crippen LogP contribution in [0.2, 0.25) is 0 Å². The molecule has 2 fully saturated rings. The van der Waals surface area contributed by atoms with Crippen LogP contribution < -0.4 is 15.0 Å². The van der Waals surface area contributed by atoms with Gasteiger partial charge < -0.3 is 24.6 Å². The number of likely N-dealkylation sites (tertiary alicyclic amines) is 1. The van der Waals surface area contributed by atoms with E-state index in [1.165, 1.54) is 18.2 Å². The van der Waals surface area contributed by atoms with Gasteiger partial charge in [-0.05, 0) is 91.8 Å². The number of benzene rings is 1. The van der Waals surface area contributed by atoms with Gasteiger partial charge in [0.05, 0.1) is 5.56 Å². The van der Waals surface area contributed by atoms with Crippen molar-refractivity contribution in [2.75, 3.05) is 44.2 Å². The van der Waals surface area contributed by atoms with Crippen molar-refractivity contribution in [3.8, 4) is 11.6 Å². The minimum atomic E-state index is -0.515. The highest BCUT2D eigenvalue weighted by molar-refractivity contribution is 5.97. The van der Waals surface area contributed by atoms with Gasteiger partial charge in [0, 0.05) is 56.8 Å². The normalized spacial score (nSPS) is 16.9. The van der Waals surface area contributed by atoms with E-state index in [1.807, 2.05) is 41.5 Å². The smallest absolute Gasteiger partial charge is 0.407 e. The van der Waals surface area contributed by atoms with Gasteiger partial charge in [-0.1, -0.05) is 13.8 Å². The van der Waals surface area contributed by atoms with Crippen LogP contribution in [-0.2, 0) is 4.74 Å². The van der Waals surface area contributed by atoms with Crippen molar-refractivity contribution >= 4 is 17.8 Å². The molecule has 0 aliphatic carbocycles. The van der Waals surface area contributed by atoms with Crippen LogP contribution in [0.25, 0.3) is 0 Å². The molecule has 1 spiro atoms. The van der Waals surface area contributed by atoms with Gasteiger partial charge in [0.25, 0.3) is 11.8 Å². The van der Waals surface area contributed by atoms with E-state index in [-0.39, 0.29) is 40.7 Å². The molecule has 2 aliphatic rings. The number of carbonyl (C=O) groups is 2. The third-order valence-electron chi connectivity index (χ3n) is 8.75. The van der Waals surface area contributed by atoms with Crippen LogP contribution in [0.5, 0.6) is 11.6 Å². The largest absolute Gasteiger partial charge is 0.444 e. The molecule has 2 aromatic rings. The van der Waals surface area contributed by atoms with Crippen molar-refractivity contribution < 1.29 is 23.5 Å².